The highest BCUT2D eigenvalue weighted by molar-refractivity contribution is 5.83. The zero-order valence-electron chi connectivity index (χ0n) is 11.9. The first-order valence-corrected chi connectivity index (χ1v) is 7.85. The second-order valence-corrected chi connectivity index (χ2v) is 6.43. The number of para-hydroxylation sites is 1. The molecule has 3 aliphatic heterocycles. The Morgan fingerprint density at radius 1 is 1.25 bits per heavy atom. The van der Waals surface area contributed by atoms with Gasteiger partial charge in [0.1, 0.15) is 0 Å². The van der Waals surface area contributed by atoms with Crippen LogP contribution in [0.2, 0.25) is 0 Å². The molecule has 3 fully saturated rings. The predicted molar refractivity (Wildman–Crippen MR) is 82.7 cm³/mol. The normalized spacial score (nSPS) is 30.8. The summed E-state index contributed by atoms with van der Waals surface area (Å²) in [5, 5.41) is 1.36. The molecule has 1 aromatic carbocycles. The molecule has 5 rings (SSSR count). The molecule has 1 aromatic heterocycles. The molecule has 0 aliphatic carbocycles. The molecule has 2 atom stereocenters. The van der Waals surface area contributed by atoms with E-state index in [0.717, 1.165) is 18.4 Å². The van der Waals surface area contributed by atoms with E-state index in [9.17, 15) is 0 Å². The van der Waals surface area contributed by atoms with E-state index in [1.165, 1.54) is 48.9 Å². The van der Waals surface area contributed by atoms with Crippen LogP contribution in [0.4, 0.5) is 0 Å². The number of H-pyrrole nitrogens is 1. The third kappa shape index (κ3) is 1.88. The van der Waals surface area contributed by atoms with Crippen LogP contribution in [0.1, 0.15) is 24.3 Å². The Hall–Kier alpha value is -1.32. The third-order valence-corrected chi connectivity index (χ3v) is 5.50. The number of nitrogens with zero attached hydrogens (tertiary/aromatic N) is 1. The maximum Gasteiger partial charge on any atom is 0.0456 e. The molecular formula is C17H23N3. The van der Waals surface area contributed by atoms with E-state index >= 15 is 0 Å². The summed E-state index contributed by atoms with van der Waals surface area (Å²) in [5.74, 6) is 2.11. The Labute approximate surface area is 120 Å². The number of nitrogens with one attached hydrogen (secondary N) is 1. The fraction of sp³-hybridized carbons (Fsp3) is 0.529. The lowest BCUT2D eigenvalue weighted by Crippen LogP contribution is -2.50. The number of benzene rings is 1. The Morgan fingerprint density at radius 3 is 2.75 bits per heavy atom. The van der Waals surface area contributed by atoms with Crippen LogP contribution in [0.3, 0.4) is 0 Å². The van der Waals surface area contributed by atoms with Gasteiger partial charge >= 0.3 is 0 Å². The minimum Gasteiger partial charge on any atom is -0.361 e. The number of aromatic nitrogens is 1. The van der Waals surface area contributed by atoms with Gasteiger partial charge in [0.05, 0.1) is 0 Å². The van der Waals surface area contributed by atoms with Gasteiger partial charge in [0.2, 0.25) is 0 Å². The van der Waals surface area contributed by atoms with E-state index in [4.69, 9.17) is 5.73 Å². The van der Waals surface area contributed by atoms with Crippen molar-refractivity contribution in [2.45, 2.75) is 18.8 Å². The van der Waals surface area contributed by atoms with Crippen LogP contribution in [0, 0.1) is 11.8 Å². The van der Waals surface area contributed by atoms with Gasteiger partial charge in [-0.25, -0.2) is 0 Å². The molecule has 3 aliphatic rings. The molecule has 3 nitrogen and oxygen atoms in total. The molecule has 4 heterocycles. The monoisotopic (exact) mass is 269 g/mol. The van der Waals surface area contributed by atoms with E-state index in [-0.39, 0.29) is 0 Å². The van der Waals surface area contributed by atoms with Crippen molar-refractivity contribution >= 4 is 10.9 Å². The van der Waals surface area contributed by atoms with Gasteiger partial charge in [0.15, 0.2) is 0 Å². The molecule has 106 valence electrons. The number of rotatable bonds is 3. The van der Waals surface area contributed by atoms with Gasteiger partial charge in [0, 0.05) is 29.6 Å². The zero-order chi connectivity index (χ0) is 13.5. The van der Waals surface area contributed by atoms with Crippen LogP contribution >= 0.6 is 0 Å². The Kier molecular flexibility index (Phi) is 3.04. The smallest absolute Gasteiger partial charge is 0.0456 e. The summed E-state index contributed by atoms with van der Waals surface area (Å²) in [5.41, 5.74) is 8.86. The SMILES string of the molecule is NCC(c1c[nH]c2ccccc12)C1CN2CCC1CC2. The molecule has 2 aromatic rings. The van der Waals surface area contributed by atoms with Crippen molar-refractivity contribution in [3.8, 4) is 0 Å². The molecule has 0 radical (unpaired) electrons. The summed E-state index contributed by atoms with van der Waals surface area (Å²) in [4.78, 5) is 6.04. The average Bonchev–Trinajstić information content (AvgIpc) is 2.94. The first-order valence-electron chi connectivity index (χ1n) is 7.85. The van der Waals surface area contributed by atoms with Gasteiger partial charge in [-0.05, 0) is 55.9 Å². The topological polar surface area (TPSA) is 45.1 Å². The van der Waals surface area contributed by atoms with E-state index in [1.807, 2.05) is 0 Å². The van der Waals surface area contributed by atoms with Crippen molar-refractivity contribution in [2.24, 2.45) is 17.6 Å². The molecule has 0 saturated carbocycles. The van der Waals surface area contributed by atoms with Crippen LogP contribution in [-0.2, 0) is 0 Å². The van der Waals surface area contributed by atoms with E-state index in [1.54, 1.807) is 0 Å². The van der Waals surface area contributed by atoms with Gasteiger partial charge in [-0.1, -0.05) is 18.2 Å². The second kappa shape index (κ2) is 4.90. The Morgan fingerprint density at radius 2 is 2.05 bits per heavy atom. The molecule has 20 heavy (non-hydrogen) atoms. The Balaban J connectivity index is 1.71. The molecule has 3 N–H and O–H groups in total. The highest BCUT2D eigenvalue weighted by atomic mass is 15.1. The van der Waals surface area contributed by atoms with Gasteiger partial charge in [0.25, 0.3) is 0 Å². The Bertz CT molecular complexity index is 595. The predicted octanol–water partition coefficient (Wildman–Crippen LogP) is 2.55. The number of nitrogens with two attached hydrogens (primary N) is 1. The number of hydrogen-bond donors (Lipinski definition) is 2. The first kappa shape index (κ1) is 12.4. The van der Waals surface area contributed by atoms with E-state index < -0.39 is 0 Å². The minimum absolute atomic E-state index is 0.499. The number of fused-ring (bicyclic) bond motifs is 4. The molecule has 2 bridgehead atoms. The van der Waals surface area contributed by atoms with Crippen molar-refractivity contribution in [2.75, 3.05) is 26.2 Å². The van der Waals surface area contributed by atoms with Gasteiger partial charge in [-0.3, -0.25) is 0 Å². The van der Waals surface area contributed by atoms with Crippen molar-refractivity contribution < 1.29 is 0 Å². The van der Waals surface area contributed by atoms with Crippen LogP contribution in [0.25, 0.3) is 10.9 Å². The highest BCUT2D eigenvalue weighted by Crippen LogP contribution is 2.42. The standard InChI is InChI=1S/C17H23N3/c18-9-14(16-11-20-7-5-12(16)6-8-20)15-10-19-17-4-2-1-3-13(15)17/h1-4,10,12,14,16,19H,5-9,11,18H2. The van der Waals surface area contributed by atoms with Crippen LogP contribution in [0.15, 0.2) is 30.5 Å². The molecule has 2 unspecified atom stereocenters. The number of aromatic amines is 1. The molecular weight excluding hydrogens is 246 g/mol. The van der Waals surface area contributed by atoms with Crippen LogP contribution in [0.5, 0.6) is 0 Å². The van der Waals surface area contributed by atoms with Crippen LogP contribution in [-0.4, -0.2) is 36.1 Å². The molecule has 0 spiro atoms. The van der Waals surface area contributed by atoms with Crippen molar-refractivity contribution in [3.05, 3.63) is 36.0 Å². The number of piperidine rings is 3. The van der Waals surface area contributed by atoms with Crippen molar-refractivity contribution in [1.82, 2.24) is 9.88 Å². The summed E-state index contributed by atoms with van der Waals surface area (Å²) in [6.45, 7) is 4.60. The van der Waals surface area contributed by atoms with E-state index in [2.05, 4.69) is 40.3 Å². The minimum atomic E-state index is 0.499. The average molecular weight is 269 g/mol. The quantitative estimate of drug-likeness (QED) is 0.899. The third-order valence-electron chi connectivity index (χ3n) is 5.50. The summed E-state index contributed by atoms with van der Waals surface area (Å²) < 4.78 is 0. The van der Waals surface area contributed by atoms with Crippen LogP contribution < -0.4 is 5.73 Å². The first-order chi connectivity index (χ1) is 9.86. The summed E-state index contributed by atoms with van der Waals surface area (Å²) in [6.07, 6.45) is 4.92. The lowest BCUT2D eigenvalue weighted by atomic mass is 9.70. The summed E-state index contributed by atoms with van der Waals surface area (Å²) in [6, 6.07) is 8.60. The molecule has 0 amide bonds. The largest absolute Gasteiger partial charge is 0.361 e. The zero-order valence-corrected chi connectivity index (χ0v) is 11.9. The lowest BCUT2D eigenvalue weighted by Gasteiger charge is -2.47. The number of hydrogen-bond acceptors (Lipinski definition) is 2. The fourth-order valence-corrected chi connectivity index (χ4v) is 4.40. The van der Waals surface area contributed by atoms with Gasteiger partial charge in [-0.15, -0.1) is 0 Å². The maximum absolute atomic E-state index is 6.19. The van der Waals surface area contributed by atoms with Crippen molar-refractivity contribution in [3.63, 3.8) is 0 Å². The summed E-state index contributed by atoms with van der Waals surface area (Å²) in [7, 11) is 0. The van der Waals surface area contributed by atoms with Crippen molar-refractivity contribution in [1.29, 1.82) is 0 Å². The molecule has 3 heteroatoms. The fourth-order valence-electron chi connectivity index (χ4n) is 4.40. The summed E-state index contributed by atoms with van der Waals surface area (Å²) >= 11 is 0. The maximum atomic E-state index is 6.19. The van der Waals surface area contributed by atoms with Gasteiger partial charge < -0.3 is 15.6 Å². The lowest BCUT2D eigenvalue weighted by molar-refractivity contribution is 0.0381. The molecule has 3 saturated heterocycles. The van der Waals surface area contributed by atoms with E-state index in [0.29, 0.717) is 5.92 Å². The highest BCUT2D eigenvalue weighted by Gasteiger charge is 2.39. The second-order valence-electron chi connectivity index (χ2n) is 6.43. The van der Waals surface area contributed by atoms with Gasteiger partial charge in [-0.2, -0.15) is 0 Å².